The third-order valence-corrected chi connectivity index (χ3v) is 6.67. The summed E-state index contributed by atoms with van der Waals surface area (Å²) in [6.45, 7) is 4.27. The maximum Gasteiger partial charge on any atom is 0.340 e. The van der Waals surface area contributed by atoms with Crippen molar-refractivity contribution in [2.24, 2.45) is 0 Å². The second kappa shape index (κ2) is 7.06. The van der Waals surface area contributed by atoms with Crippen molar-refractivity contribution in [2.75, 3.05) is 0 Å². The zero-order chi connectivity index (χ0) is 21.8. The van der Waals surface area contributed by atoms with E-state index in [1.165, 1.54) is 16.5 Å². The molecule has 0 saturated heterocycles. The Morgan fingerprint density at radius 2 is 1.31 bits per heavy atom. The Kier molecular flexibility index (Phi) is 4.16. The van der Waals surface area contributed by atoms with Crippen LogP contribution in [0.2, 0.25) is 0 Å². The van der Waals surface area contributed by atoms with E-state index in [0.717, 1.165) is 38.4 Å². The van der Waals surface area contributed by atoms with Crippen molar-refractivity contribution in [3.8, 4) is 11.1 Å². The van der Waals surface area contributed by atoms with E-state index in [9.17, 15) is 4.79 Å². The average molecular weight is 415 g/mol. The number of carbonyl (C=O) groups is 1. The van der Waals surface area contributed by atoms with Crippen molar-refractivity contribution in [2.45, 2.75) is 20.0 Å². The number of ether oxygens (including phenoxy) is 1. The van der Waals surface area contributed by atoms with E-state index in [4.69, 9.17) is 4.74 Å². The molecule has 1 aliphatic rings. The van der Waals surface area contributed by atoms with Gasteiger partial charge in [0, 0.05) is 16.5 Å². The summed E-state index contributed by atoms with van der Waals surface area (Å²) in [5, 5.41) is 4.38. The molecule has 1 aliphatic heterocycles. The molecule has 5 aromatic carbocycles. The Morgan fingerprint density at radius 3 is 2.03 bits per heavy atom. The average Bonchev–Trinajstić information content (AvgIpc) is 2.83. The van der Waals surface area contributed by atoms with Crippen LogP contribution >= 0.6 is 0 Å². The molecule has 1 unspecified atom stereocenters. The molecular formula is C30H22O2. The lowest BCUT2D eigenvalue weighted by Crippen LogP contribution is -2.20. The molecular weight excluding hydrogens is 392 g/mol. The van der Waals surface area contributed by atoms with Crippen LogP contribution in [-0.4, -0.2) is 5.97 Å². The molecule has 0 aromatic heterocycles. The molecule has 0 spiro atoms. The topological polar surface area (TPSA) is 26.3 Å². The number of rotatable bonds is 2. The van der Waals surface area contributed by atoms with Crippen molar-refractivity contribution in [3.63, 3.8) is 0 Å². The van der Waals surface area contributed by atoms with Crippen LogP contribution in [0.25, 0.3) is 32.7 Å². The maximum absolute atomic E-state index is 13.6. The fourth-order valence-corrected chi connectivity index (χ4v) is 5.01. The van der Waals surface area contributed by atoms with E-state index in [0.29, 0.717) is 5.56 Å². The number of hydrogen-bond donors (Lipinski definition) is 0. The summed E-state index contributed by atoms with van der Waals surface area (Å²) in [5.74, 6) is -0.262. The second-order valence-corrected chi connectivity index (χ2v) is 8.56. The first-order chi connectivity index (χ1) is 15.6. The van der Waals surface area contributed by atoms with Crippen LogP contribution in [0, 0.1) is 13.8 Å². The van der Waals surface area contributed by atoms with Crippen molar-refractivity contribution in [1.82, 2.24) is 0 Å². The van der Waals surface area contributed by atoms with Gasteiger partial charge in [-0.1, -0.05) is 91.0 Å². The summed E-state index contributed by atoms with van der Waals surface area (Å²) in [6, 6.07) is 31.0. The SMILES string of the molecule is Cc1cc2c(-c3ccccc3)c3c4c(cccc4c2cc1C)C(c1ccccc1)OC3=O. The number of cyclic esters (lactones) is 1. The number of aryl methyl sites for hydroxylation is 2. The minimum atomic E-state index is -0.410. The lowest BCUT2D eigenvalue weighted by atomic mass is 9.82. The summed E-state index contributed by atoms with van der Waals surface area (Å²) in [4.78, 5) is 13.6. The van der Waals surface area contributed by atoms with Gasteiger partial charge >= 0.3 is 5.97 Å². The number of benzene rings is 5. The van der Waals surface area contributed by atoms with E-state index in [2.05, 4.69) is 56.3 Å². The molecule has 0 saturated carbocycles. The summed E-state index contributed by atoms with van der Waals surface area (Å²) in [6.07, 6.45) is -0.410. The van der Waals surface area contributed by atoms with Gasteiger partial charge in [-0.25, -0.2) is 4.79 Å². The fourth-order valence-electron chi connectivity index (χ4n) is 5.01. The van der Waals surface area contributed by atoms with E-state index < -0.39 is 6.10 Å². The Hall–Kier alpha value is -3.91. The van der Waals surface area contributed by atoms with Gasteiger partial charge in [0.25, 0.3) is 0 Å². The Labute approximate surface area is 187 Å². The highest BCUT2D eigenvalue weighted by atomic mass is 16.5. The van der Waals surface area contributed by atoms with Crippen LogP contribution < -0.4 is 0 Å². The summed E-state index contributed by atoms with van der Waals surface area (Å²) in [7, 11) is 0. The second-order valence-electron chi connectivity index (χ2n) is 8.56. The minimum Gasteiger partial charge on any atom is -0.449 e. The van der Waals surface area contributed by atoms with Gasteiger partial charge in [0.1, 0.15) is 0 Å². The predicted octanol–water partition coefficient (Wildman–Crippen LogP) is 7.54. The normalized spacial score (nSPS) is 15.2. The molecule has 2 nitrogen and oxygen atoms in total. The fraction of sp³-hybridized carbons (Fsp3) is 0.100. The number of carbonyl (C=O) groups excluding carboxylic acids is 1. The minimum absolute atomic E-state index is 0.262. The Morgan fingerprint density at radius 1 is 0.656 bits per heavy atom. The highest BCUT2D eigenvalue weighted by molar-refractivity contribution is 6.25. The van der Waals surface area contributed by atoms with Crippen LogP contribution in [0.15, 0.2) is 91.0 Å². The highest BCUT2D eigenvalue weighted by Crippen LogP contribution is 2.47. The van der Waals surface area contributed by atoms with Gasteiger partial charge < -0.3 is 4.74 Å². The zero-order valence-electron chi connectivity index (χ0n) is 18.1. The zero-order valence-corrected chi connectivity index (χ0v) is 18.1. The van der Waals surface area contributed by atoms with Crippen molar-refractivity contribution in [1.29, 1.82) is 0 Å². The van der Waals surface area contributed by atoms with Crippen LogP contribution in [0.1, 0.15) is 38.7 Å². The Bertz CT molecular complexity index is 1520. The summed E-state index contributed by atoms with van der Waals surface area (Å²) >= 11 is 0. The first-order valence-corrected chi connectivity index (χ1v) is 10.9. The molecule has 2 heteroatoms. The molecule has 1 atom stereocenters. The van der Waals surface area contributed by atoms with Crippen molar-refractivity contribution < 1.29 is 9.53 Å². The molecule has 5 aromatic rings. The first kappa shape index (κ1) is 18.8. The third kappa shape index (κ3) is 2.69. The van der Waals surface area contributed by atoms with Gasteiger partial charge in [0.15, 0.2) is 6.10 Å². The van der Waals surface area contributed by atoms with Crippen molar-refractivity contribution >= 4 is 27.5 Å². The first-order valence-electron chi connectivity index (χ1n) is 10.9. The largest absolute Gasteiger partial charge is 0.449 e. The van der Waals surface area contributed by atoms with E-state index in [1.54, 1.807) is 0 Å². The van der Waals surface area contributed by atoms with Crippen LogP contribution in [-0.2, 0) is 4.74 Å². The van der Waals surface area contributed by atoms with Gasteiger partial charge in [-0.2, -0.15) is 0 Å². The molecule has 0 aliphatic carbocycles. The van der Waals surface area contributed by atoms with Gasteiger partial charge in [-0.05, 0) is 52.3 Å². The standard InChI is InChI=1S/C30H22O2/c1-18-16-24-22-14-9-15-23-27(22)28(30(31)32-29(23)21-12-7-4-8-13-21)26(25(24)17-19(18)2)20-10-5-3-6-11-20/h3-17,29H,1-2H3. The molecule has 0 N–H and O–H groups in total. The van der Waals surface area contributed by atoms with Gasteiger partial charge in [0.05, 0.1) is 5.56 Å². The van der Waals surface area contributed by atoms with Gasteiger partial charge in [-0.15, -0.1) is 0 Å². The molecule has 0 bridgehead atoms. The van der Waals surface area contributed by atoms with Gasteiger partial charge in [0.2, 0.25) is 0 Å². The van der Waals surface area contributed by atoms with Crippen LogP contribution in [0.3, 0.4) is 0 Å². The smallest absolute Gasteiger partial charge is 0.340 e. The van der Waals surface area contributed by atoms with Crippen LogP contribution in [0.5, 0.6) is 0 Å². The summed E-state index contributed by atoms with van der Waals surface area (Å²) in [5.41, 5.74) is 7.15. The number of fused-ring (bicyclic) bond motifs is 2. The summed E-state index contributed by atoms with van der Waals surface area (Å²) < 4.78 is 6.12. The number of esters is 1. The molecule has 0 amide bonds. The van der Waals surface area contributed by atoms with Crippen molar-refractivity contribution in [3.05, 3.63) is 119 Å². The lowest BCUT2D eigenvalue weighted by Gasteiger charge is -2.29. The molecule has 1 heterocycles. The monoisotopic (exact) mass is 414 g/mol. The maximum atomic E-state index is 13.6. The Balaban J connectivity index is 1.82. The predicted molar refractivity (Wildman–Crippen MR) is 130 cm³/mol. The van der Waals surface area contributed by atoms with Crippen LogP contribution in [0.4, 0.5) is 0 Å². The van der Waals surface area contributed by atoms with Gasteiger partial charge in [-0.3, -0.25) is 0 Å². The molecule has 0 radical (unpaired) electrons. The molecule has 154 valence electrons. The highest BCUT2D eigenvalue weighted by Gasteiger charge is 2.33. The molecule has 6 rings (SSSR count). The van der Waals surface area contributed by atoms with E-state index in [1.807, 2.05) is 48.5 Å². The molecule has 0 fully saturated rings. The number of hydrogen-bond acceptors (Lipinski definition) is 2. The quantitative estimate of drug-likeness (QED) is 0.220. The van der Waals surface area contributed by atoms with E-state index in [-0.39, 0.29) is 5.97 Å². The lowest BCUT2D eigenvalue weighted by molar-refractivity contribution is 0.0367. The molecule has 32 heavy (non-hydrogen) atoms. The third-order valence-electron chi connectivity index (χ3n) is 6.67. The van der Waals surface area contributed by atoms with E-state index >= 15 is 0 Å².